The SMILES string of the molecule is Cc1nc(Cl)cc(NC(C)CCN(C)C)n1. The monoisotopic (exact) mass is 242 g/mol. The lowest BCUT2D eigenvalue weighted by Gasteiger charge is -2.17. The summed E-state index contributed by atoms with van der Waals surface area (Å²) in [6.07, 6.45) is 1.06. The quantitative estimate of drug-likeness (QED) is 0.804. The smallest absolute Gasteiger partial charge is 0.134 e. The second kappa shape index (κ2) is 6.01. The number of halogens is 1. The predicted octanol–water partition coefficient (Wildman–Crippen LogP) is 2.19. The maximum Gasteiger partial charge on any atom is 0.134 e. The van der Waals surface area contributed by atoms with E-state index in [0.717, 1.165) is 18.8 Å². The van der Waals surface area contributed by atoms with Gasteiger partial charge in [-0.1, -0.05) is 11.6 Å². The molecule has 1 aromatic heterocycles. The van der Waals surface area contributed by atoms with Gasteiger partial charge in [0.25, 0.3) is 0 Å². The Morgan fingerprint density at radius 1 is 1.44 bits per heavy atom. The van der Waals surface area contributed by atoms with Gasteiger partial charge in [0.05, 0.1) is 0 Å². The molecule has 0 aliphatic carbocycles. The van der Waals surface area contributed by atoms with Crippen LogP contribution in [0.5, 0.6) is 0 Å². The topological polar surface area (TPSA) is 41.1 Å². The van der Waals surface area contributed by atoms with Gasteiger partial charge in [-0.3, -0.25) is 0 Å². The zero-order valence-electron chi connectivity index (χ0n) is 10.3. The average molecular weight is 243 g/mol. The van der Waals surface area contributed by atoms with Crippen molar-refractivity contribution in [2.75, 3.05) is 26.0 Å². The summed E-state index contributed by atoms with van der Waals surface area (Å²) in [6.45, 7) is 5.02. The third-order valence-corrected chi connectivity index (χ3v) is 2.40. The second-order valence-corrected chi connectivity index (χ2v) is 4.65. The second-order valence-electron chi connectivity index (χ2n) is 4.26. The van der Waals surface area contributed by atoms with E-state index in [2.05, 4.69) is 41.2 Å². The number of hydrogen-bond donors (Lipinski definition) is 1. The van der Waals surface area contributed by atoms with E-state index in [1.54, 1.807) is 6.07 Å². The molecular formula is C11H19ClN4. The molecule has 4 nitrogen and oxygen atoms in total. The summed E-state index contributed by atoms with van der Waals surface area (Å²) in [6, 6.07) is 2.12. The van der Waals surface area contributed by atoms with Gasteiger partial charge in [0.15, 0.2) is 0 Å². The Bertz CT molecular complexity index is 321. The summed E-state index contributed by atoms with van der Waals surface area (Å²) in [5.41, 5.74) is 0. The van der Waals surface area contributed by atoms with Crippen molar-refractivity contribution in [3.8, 4) is 0 Å². The van der Waals surface area contributed by atoms with Crippen molar-refractivity contribution in [1.82, 2.24) is 14.9 Å². The molecule has 0 saturated carbocycles. The Balaban J connectivity index is 2.52. The molecule has 1 atom stereocenters. The maximum atomic E-state index is 5.86. The molecule has 0 spiro atoms. The lowest BCUT2D eigenvalue weighted by molar-refractivity contribution is 0.390. The first-order chi connectivity index (χ1) is 7.47. The summed E-state index contributed by atoms with van der Waals surface area (Å²) in [7, 11) is 4.14. The first-order valence-corrected chi connectivity index (χ1v) is 5.77. The van der Waals surface area contributed by atoms with Crippen LogP contribution in [0.4, 0.5) is 5.82 Å². The molecule has 1 unspecified atom stereocenters. The Morgan fingerprint density at radius 2 is 2.12 bits per heavy atom. The van der Waals surface area contributed by atoms with Crippen LogP contribution in [-0.4, -0.2) is 41.5 Å². The molecule has 0 saturated heterocycles. The zero-order valence-corrected chi connectivity index (χ0v) is 11.0. The van der Waals surface area contributed by atoms with E-state index in [1.807, 2.05) is 6.92 Å². The van der Waals surface area contributed by atoms with Gasteiger partial charge in [-0.15, -0.1) is 0 Å². The molecule has 0 aliphatic rings. The summed E-state index contributed by atoms with van der Waals surface area (Å²) < 4.78 is 0. The number of aromatic nitrogens is 2. The van der Waals surface area contributed by atoms with Gasteiger partial charge < -0.3 is 10.2 Å². The van der Waals surface area contributed by atoms with Crippen LogP contribution in [-0.2, 0) is 0 Å². The van der Waals surface area contributed by atoms with Crippen molar-refractivity contribution in [1.29, 1.82) is 0 Å². The van der Waals surface area contributed by atoms with E-state index >= 15 is 0 Å². The van der Waals surface area contributed by atoms with E-state index in [0.29, 0.717) is 17.0 Å². The van der Waals surface area contributed by atoms with E-state index in [4.69, 9.17) is 11.6 Å². The van der Waals surface area contributed by atoms with Crippen LogP contribution in [0.2, 0.25) is 5.15 Å². The van der Waals surface area contributed by atoms with Crippen LogP contribution in [0.3, 0.4) is 0 Å². The molecule has 1 heterocycles. The Kier molecular flexibility index (Phi) is 4.96. The molecule has 90 valence electrons. The minimum absolute atomic E-state index is 0.368. The largest absolute Gasteiger partial charge is 0.367 e. The highest BCUT2D eigenvalue weighted by molar-refractivity contribution is 6.29. The summed E-state index contributed by atoms with van der Waals surface area (Å²) in [4.78, 5) is 10.5. The summed E-state index contributed by atoms with van der Waals surface area (Å²) in [5, 5.41) is 3.80. The molecule has 0 radical (unpaired) electrons. The lowest BCUT2D eigenvalue weighted by atomic mass is 10.2. The van der Waals surface area contributed by atoms with Crippen LogP contribution in [0.25, 0.3) is 0 Å². The third-order valence-electron chi connectivity index (χ3n) is 2.21. The van der Waals surface area contributed by atoms with Gasteiger partial charge in [0.2, 0.25) is 0 Å². The van der Waals surface area contributed by atoms with Crippen molar-refractivity contribution >= 4 is 17.4 Å². The Hall–Kier alpha value is -0.870. The average Bonchev–Trinajstić information content (AvgIpc) is 2.12. The molecule has 5 heteroatoms. The normalized spacial score (nSPS) is 12.9. The van der Waals surface area contributed by atoms with Crippen molar-refractivity contribution < 1.29 is 0 Å². The molecule has 0 aromatic carbocycles. The molecule has 1 N–H and O–H groups in total. The number of aryl methyl sites for hydroxylation is 1. The molecule has 0 amide bonds. The maximum absolute atomic E-state index is 5.86. The Morgan fingerprint density at radius 3 is 2.69 bits per heavy atom. The number of nitrogens with one attached hydrogen (secondary N) is 1. The minimum Gasteiger partial charge on any atom is -0.367 e. The number of hydrogen-bond acceptors (Lipinski definition) is 4. The molecule has 0 aliphatic heterocycles. The number of anilines is 1. The van der Waals surface area contributed by atoms with Crippen LogP contribution in [0, 0.1) is 6.92 Å². The van der Waals surface area contributed by atoms with E-state index in [-0.39, 0.29) is 0 Å². The molecule has 16 heavy (non-hydrogen) atoms. The van der Waals surface area contributed by atoms with Crippen molar-refractivity contribution in [2.24, 2.45) is 0 Å². The van der Waals surface area contributed by atoms with Crippen LogP contribution >= 0.6 is 11.6 Å². The summed E-state index contributed by atoms with van der Waals surface area (Å²) >= 11 is 5.86. The highest BCUT2D eigenvalue weighted by Gasteiger charge is 2.05. The standard InChI is InChI=1S/C11H19ClN4/c1-8(5-6-16(3)4)13-11-7-10(12)14-9(2)15-11/h7-8H,5-6H2,1-4H3,(H,13,14,15). The molecule has 0 fully saturated rings. The molecular weight excluding hydrogens is 224 g/mol. The van der Waals surface area contributed by atoms with Gasteiger partial charge in [0.1, 0.15) is 16.8 Å². The predicted molar refractivity (Wildman–Crippen MR) is 68.0 cm³/mol. The first kappa shape index (κ1) is 13.2. The van der Waals surface area contributed by atoms with Gasteiger partial charge in [-0.2, -0.15) is 0 Å². The first-order valence-electron chi connectivity index (χ1n) is 5.40. The molecule has 0 bridgehead atoms. The van der Waals surface area contributed by atoms with Crippen molar-refractivity contribution in [3.05, 3.63) is 17.0 Å². The van der Waals surface area contributed by atoms with Crippen LogP contribution in [0.1, 0.15) is 19.2 Å². The number of rotatable bonds is 5. The summed E-state index contributed by atoms with van der Waals surface area (Å²) in [5.74, 6) is 1.48. The fourth-order valence-corrected chi connectivity index (χ4v) is 1.61. The van der Waals surface area contributed by atoms with E-state index in [1.165, 1.54) is 0 Å². The van der Waals surface area contributed by atoms with Gasteiger partial charge in [-0.05, 0) is 40.9 Å². The van der Waals surface area contributed by atoms with Crippen molar-refractivity contribution in [2.45, 2.75) is 26.3 Å². The zero-order chi connectivity index (χ0) is 12.1. The van der Waals surface area contributed by atoms with Crippen LogP contribution in [0.15, 0.2) is 6.07 Å². The fourth-order valence-electron chi connectivity index (χ4n) is 1.38. The highest BCUT2D eigenvalue weighted by atomic mass is 35.5. The van der Waals surface area contributed by atoms with E-state index < -0.39 is 0 Å². The highest BCUT2D eigenvalue weighted by Crippen LogP contribution is 2.12. The van der Waals surface area contributed by atoms with Gasteiger partial charge >= 0.3 is 0 Å². The van der Waals surface area contributed by atoms with Crippen LogP contribution < -0.4 is 5.32 Å². The fraction of sp³-hybridized carbons (Fsp3) is 0.636. The Labute approximate surface area is 102 Å². The molecule has 1 rings (SSSR count). The lowest BCUT2D eigenvalue weighted by Crippen LogP contribution is -2.23. The van der Waals surface area contributed by atoms with Gasteiger partial charge in [-0.25, -0.2) is 9.97 Å². The van der Waals surface area contributed by atoms with Gasteiger partial charge in [0, 0.05) is 12.1 Å². The minimum atomic E-state index is 0.368. The third kappa shape index (κ3) is 4.77. The van der Waals surface area contributed by atoms with E-state index in [9.17, 15) is 0 Å². The molecule has 1 aromatic rings. The van der Waals surface area contributed by atoms with Crippen molar-refractivity contribution in [3.63, 3.8) is 0 Å². The number of nitrogens with zero attached hydrogens (tertiary/aromatic N) is 3.